The van der Waals surface area contributed by atoms with Gasteiger partial charge >= 0.3 is 0 Å². The molecule has 7 nitrogen and oxygen atoms in total. The van der Waals surface area contributed by atoms with Crippen LogP contribution in [0, 0.1) is 35.5 Å². The summed E-state index contributed by atoms with van der Waals surface area (Å²) < 4.78 is 0. The number of pyridine rings is 2. The summed E-state index contributed by atoms with van der Waals surface area (Å²) in [5, 5.41) is 0. The van der Waals surface area contributed by atoms with E-state index in [1.54, 1.807) is 0 Å². The van der Waals surface area contributed by atoms with E-state index in [0.29, 0.717) is 23.7 Å². The highest BCUT2D eigenvalue weighted by Gasteiger charge is 2.27. The maximum atomic E-state index is 4.40. The van der Waals surface area contributed by atoms with Gasteiger partial charge in [0.05, 0.1) is 0 Å². The lowest BCUT2D eigenvalue weighted by Gasteiger charge is -2.38. The van der Waals surface area contributed by atoms with Gasteiger partial charge in [-0.2, -0.15) is 0 Å². The van der Waals surface area contributed by atoms with Crippen LogP contribution in [-0.2, 0) is 0 Å². The summed E-state index contributed by atoms with van der Waals surface area (Å²) in [4.78, 5) is 21.5. The number of piperazine rings is 1. The van der Waals surface area contributed by atoms with Crippen molar-refractivity contribution in [2.45, 2.75) is 260 Å². The first-order valence-electron chi connectivity index (χ1n) is 29.8. The van der Waals surface area contributed by atoms with Gasteiger partial charge in [-0.25, -0.2) is 0 Å². The molecule has 4 aliphatic rings. The van der Waals surface area contributed by atoms with Crippen molar-refractivity contribution >= 4 is 0 Å². The molecule has 2 aromatic heterocycles. The van der Waals surface area contributed by atoms with Gasteiger partial charge in [0.1, 0.15) is 0 Å². The molecule has 0 aliphatic carbocycles. The lowest BCUT2D eigenvalue weighted by molar-refractivity contribution is 0.0887. The Morgan fingerprint density at radius 3 is 1.01 bits per heavy atom. The number of hydrogen-bond acceptors (Lipinski definition) is 7. The van der Waals surface area contributed by atoms with E-state index in [0.717, 1.165) is 65.7 Å². The Labute approximate surface area is 452 Å². The zero-order valence-electron chi connectivity index (χ0n) is 51.9. The predicted molar refractivity (Wildman–Crippen MR) is 323 cm³/mol. The summed E-state index contributed by atoms with van der Waals surface area (Å²) in [5.41, 5.74) is 5.17. The van der Waals surface area contributed by atoms with Gasteiger partial charge in [0.15, 0.2) is 0 Å². The second kappa shape index (κ2) is 37.0. The molecular weight excluding hydrogens is 879 g/mol. The molecule has 2 unspecified atom stereocenters. The summed E-state index contributed by atoms with van der Waals surface area (Å²) in [6, 6.07) is 10.2. The number of aromatic nitrogens is 2. The molecule has 6 heterocycles. The first-order chi connectivity index (χ1) is 33.2. The van der Waals surface area contributed by atoms with Gasteiger partial charge in [0.2, 0.25) is 0 Å². The second-order valence-corrected chi connectivity index (χ2v) is 25.8. The van der Waals surface area contributed by atoms with Crippen LogP contribution in [-0.4, -0.2) is 130 Å². The van der Waals surface area contributed by atoms with Crippen molar-refractivity contribution in [2.24, 2.45) is 35.5 Å². The molecule has 0 N–H and O–H groups in total. The quantitative estimate of drug-likeness (QED) is 0.210. The fourth-order valence-electron chi connectivity index (χ4n) is 9.96. The molecule has 0 spiro atoms. The SMILES string of the molecule is C.CC(C)C1CCCN(C(C)C)C1.CC(C)C1CCN(C(C)C)C1.CC(C)C1CCN(C(C)C)CC1.CC(C)N1CCN(C(C)C)CC1.CC(C)c1ccc(C(C)C)nc1.CC(C)c1cncc(C(C)C)c1. The van der Waals surface area contributed by atoms with Crippen LogP contribution in [0.25, 0.3) is 0 Å². The second-order valence-electron chi connectivity index (χ2n) is 25.8. The number of hydrogen-bond donors (Lipinski definition) is 0. The first-order valence-corrected chi connectivity index (χ1v) is 29.8. The molecule has 0 saturated carbocycles. The van der Waals surface area contributed by atoms with E-state index < -0.39 is 0 Å². The summed E-state index contributed by atoms with van der Waals surface area (Å²) in [6.07, 6.45) is 13.0. The standard InChI is InChI=1S/C11H17N.C11H23N.C11H17N.C11H23N.C10H22N2.C10H21N.CH4/c1-8(2)10-5-11(9(3)4)7-12-6-10;1-9(2)11-5-7-12(8-6-11)10(3)4;1-8(2)10-5-6-11(9(3)4)12-7-10;1-9(2)11-6-5-7-12(8-11)10(3)4;1-9(2)11-5-7-12(8-6-11)10(3)4;1-8(2)10-5-6-11(7-10)9(3)4;/h5-9H,1-4H3;9-11H,5-8H2,1-4H3;5-9H,1-4H3;9-11H,5-8H2,1-4H3;9-10H,5-8H2,1-4H3;8-10H,5-7H2,1-4H3;1H4. The van der Waals surface area contributed by atoms with E-state index in [1.165, 1.54) is 120 Å². The third-order valence-electron chi connectivity index (χ3n) is 16.3. The van der Waals surface area contributed by atoms with E-state index in [9.17, 15) is 0 Å². The van der Waals surface area contributed by atoms with Crippen LogP contribution in [0.4, 0.5) is 0 Å². The molecule has 4 aliphatic heterocycles. The highest BCUT2D eigenvalue weighted by Crippen LogP contribution is 2.27. The molecule has 2 aromatic rings. The number of piperidine rings is 2. The van der Waals surface area contributed by atoms with E-state index in [2.05, 4.69) is 219 Å². The predicted octanol–water partition coefficient (Wildman–Crippen LogP) is 16.6. The van der Waals surface area contributed by atoms with Crippen molar-refractivity contribution in [3.63, 3.8) is 0 Å². The fourth-order valence-corrected chi connectivity index (χ4v) is 9.96. The van der Waals surface area contributed by atoms with Crippen LogP contribution >= 0.6 is 0 Å². The number of likely N-dealkylation sites (tertiary alicyclic amines) is 3. The van der Waals surface area contributed by atoms with Gasteiger partial charge in [-0.15, -0.1) is 0 Å². The summed E-state index contributed by atoms with van der Waals surface area (Å²) in [6.45, 7) is 67.5. The minimum absolute atomic E-state index is 0. The van der Waals surface area contributed by atoms with Crippen molar-refractivity contribution in [1.82, 2.24) is 34.5 Å². The molecule has 7 heteroatoms. The van der Waals surface area contributed by atoms with Crippen molar-refractivity contribution in [3.8, 4) is 0 Å². The molecular formula is C65H127N7. The van der Waals surface area contributed by atoms with Crippen molar-refractivity contribution in [2.75, 3.05) is 65.4 Å². The minimum atomic E-state index is 0. The number of nitrogens with zero attached hydrogens (tertiary/aromatic N) is 7. The number of rotatable bonds is 12. The average molecular weight is 1010 g/mol. The molecule has 0 bridgehead atoms. The minimum Gasteiger partial charge on any atom is -0.301 e. The fraction of sp³-hybridized carbons (Fsp3) is 0.846. The van der Waals surface area contributed by atoms with Crippen LogP contribution in [0.2, 0.25) is 0 Å². The molecule has 4 fully saturated rings. The smallest absolute Gasteiger partial charge is 0.0429 e. The normalized spacial score (nSPS) is 19.9. The Morgan fingerprint density at radius 2 is 0.708 bits per heavy atom. The van der Waals surface area contributed by atoms with Gasteiger partial charge < -0.3 is 14.7 Å². The van der Waals surface area contributed by atoms with E-state index in [4.69, 9.17) is 0 Å². The molecule has 4 saturated heterocycles. The molecule has 0 radical (unpaired) electrons. The van der Waals surface area contributed by atoms with Crippen molar-refractivity contribution in [1.29, 1.82) is 0 Å². The highest BCUT2D eigenvalue weighted by atomic mass is 15.3. The largest absolute Gasteiger partial charge is 0.301 e. The Morgan fingerprint density at radius 1 is 0.361 bits per heavy atom. The lowest BCUT2D eigenvalue weighted by atomic mass is 9.86. The van der Waals surface area contributed by atoms with Crippen LogP contribution in [0.1, 0.15) is 252 Å². The first kappa shape index (κ1) is 70.1. The zero-order valence-corrected chi connectivity index (χ0v) is 51.9. The van der Waals surface area contributed by atoms with E-state index >= 15 is 0 Å². The molecule has 6 rings (SSSR count). The van der Waals surface area contributed by atoms with Crippen LogP contribution in [0.5, 0.6) is 0 Å². The molecule has 422 valence electrons. The van der Waals surface area contributed by atoms with Gasteiger partial charge in [0.25, 0.3) is 0 Å². The van der Waals surface area contributed by atoms with Crippen LogP contribution < -0.4 is 0 Å². The highest BCUT2D eigenvalue weighted by molar-refractivity contribution is 5.23. The van der Waals surface area contributed by atoms with Gasteiger partial charge in [-0.3, -0.25) is 19.8 Å². The molecule has 0 aromatic carbocycles. The van der Waals surface area contributed by atoms with Crippen molar-refractivity contribution < 1.29 is 0 Å². The maximum Gasteiger partial charge on any atom is 0.0429 e. The van der Waals surface area contributed by atoms with Gasteiger partial charge in [-0.1, -0.05) is 116 Å². The van der Waals surface area contributed by atoms with Gasteiger partial charge in [0, 0.05) is 93.8 Å². The Hall–Kier alpha value is -1.90. The van der Waals surface area contributed by atoms with Gasteiger partial charge in [-0.05, 0) is 209 Å². The Balaban J connectivity index is 0.000000838. The average Bonchev–Trinajstić information content (AvgIpc) is 3.85. The van der Waals surface area contributed by atoms with E-state index in [1.807, 2.05) is 18.6 Å². The monoisotopic (exact) mass is 1010 g/mol. The van der Waals surface area contributed by atoms with Crippen LogP contribution in [0.3, 0.4) is 0 Å². The maximum absolute atomic E-state index is 4.40. The molecule has 72 heavy (non-hydrogen) atoms. The zero-order chi connectivity index (χ0) is 54.1. The molecule has 2 atom stereocenters. The van der Waals surface area contributed by atoms with E-state index in [-0.39, 0.29) is 7.43 Å². The Kier molecular flexibility index (Phi) is 36.0. The lowest BCUT2D eigenvalue weighted by Crippen LogP contribution is -2.50. The van der Waals surface area contributed by atoms with Crippen LogP contribution in [0.15, 0.2) is 36.8 Å². The summed E-state index contributed by atoms with van der Waals surface area (Å²) >= 11 is 0. The molecule has 0 amide bonds. The Bertz CT molecular complexity index is 1430. The third-order valence-corrected chi connectivity index (χ3v) is 16.3. The summed E-state index contributed by atoms with van der Waals surface area (Å²) in [5.74, 6) is 7.79. The topological polar surface area (TPSA) is 42.0 Å². The third kappa shape index (κ3) is 27.8. The van der Waals surface area contributed by atoms with Crippen molar-refractivity contribution in [3.05, 3.63) is 59.2 Å². The summed E-state index contributed by atoms with van der Waals surface area (Å²) in [7, 11) is 0.